The zero-order valence-corrected chi connectivity index (χ0v) is 25.6. The SMILES string of the molecule is CC(=O)OC[C@H]1O[C@H](O[C@H]2O[C@@H]3O[C@@]4(C)CC[C@H]5[C@H](C)CC[C@@H]([C@H]2C)C35OO4)[C@H](OC(C)=O)[C@@H](OC(C)=O)[C@H]1OC(C)=O. The van der Waals surface area contributed by atoms with Crippen molar-refractivity contribution in [3.8, 4) is 0 Å². The first-order valence-corrected chi connectivity index (χ1v) is 14.9. The maximum absolute atomic E-state index is 12.3. The maximum atomic E-state index is 12.3. The van der Waals surface area contributed by atoms with Gasteiger partial charge in [-0.3, -0.25) is 19.2 Å². The van der Waals surface area contributed by atoms with Gasteiger partial charge in [0.2, 0.25) is 12.1 Å². The van der Waals surface area contributed by atoms with Crippen molar-refractivity contribution in [3.05, 3.63) is 0 Å². The predicted octanol–water partition coefficient (Wildman–Crippen LogP) is 2.29. The number of hydrogen-bond acceptors (Lipinski definition) is 14. The third kappa shape index (κ3) is 6.14. The van der Waals surface area contributed by atoms with Crippen LogP contribution in [0.1, 0.15) is 74.1 Å². The van der Waals surface area contributed by atoms with Crippen LogP contribution < -0.4 is 0 Å². The maximum Gasteiger partial charge on any atom is 0.303 e. The van der Waals surface area contributed by atoms with Crippen LogP contribution in [0.25, 0.3) is 0 Å². The summed E-state index contributed by atoms with van der Waals surface area (Å²) < 4.78 is 47.2. The highest BCUT2D eigenvalue weighted by Crippen LogP contribution is 2.60. The molecule has 6 rings (SSSR count). The normalized spacial score (nSPS) is 45.2. The van der Waals surface area contributed by atoms with Gasteiger partial charge in [0.15, 0.2) is 36.5 Å². The molecule has 0 N–H and O–H groups in total. The van der Waals surface area contributed by atoms with Crippen molar-refractivity contribution in [2.24, 2.45) is 23.7 Å². The van der Waals surface area contributed by atoms with Crippen molar-refractivity contribution in [1.82, 2.24) is 0 Å². The molecule has 1 unspecified atom stereocenters. The summed E-state index contributed by atoms with van der Waals surface area (Å²) in [6, 6.07) is 0. The zero-order chi connectivity index (χ0) is 31.3. The molecule has 5 saturated heterocycles. The van der Waals surface area contributed by atoms with Gasteiger partial charge in [-0.25, -0.2) is 9.78 Å². The Morgan fingerprint density at radius 3 is 2.05 bits per heavy atom. The molecule has 6 aliphatic rings. The van der Waals surface area contributed by atoms with Gasteiger partial charge in [-0.1, -0.05) is 13.8 Å². The number of rotatable bonds is 7. The fraction of sp³-hybridized carbons (Fsp3) is 0.862. The fourth-order valence-electron chi connectivity index (χ4n) is 7.46. The second kappa shape index (κ2) is 12.2. The van der Waals surface area contributed by atoms with Crippen molar-refractivity contribution < 1.29 is 66.8 Å². The Kier molecular flexibility index (Phi) is 9.09. The third-order valence-electron chi connectivity index (χ3n) is 9.31. The van der Waals surface area contributed by atoms with Crippen LogP contribution in [0.3, 0.4) is 0 Å². The first-order chi connectivity index (χ1) is 20.2. The molecule has 14 nitrogen and oxygen atoms in total. The Hall–Kier alpha value is -2.36. The van der Waals surface area contributed by atoms with Gasteiger partial charge < -0.3 is 37.9 Å². The van der Waals surface area contributed by atoms with Gasteiger partial charge in [0.1, 0.15) is 12.7 Å². The van der Waals surface area contributed by atoms with Gasteiger partial charge in [-0.05, 0) is 38.0 Å². The number of fused-ring (bicyclic) bond motifs is 2. The Morgan fingerprint density at radius 2 is 1.40 bits per heavy atom. The van der Waals surface area contributed by atoms with Gasteiger partial charge in [0.25, 0.3) is 0 Å². The Labute approximate surface area is 250 Å². The van der Waals surface area contributed by atoms with Crippen LogP contribution in [0.4, 0.5) is 0 Å². The topological polar surface area (TPSA) is 161 Å². The van der Waals surface area contributed by atoms with E-state index in [1.165, 1.54) is 13.8 Å². The minimum Gasteiger partial charge on any atom is -0.463 e. The summed E-state index contributed by atoms with van der Waals surface area (Å²) in [5.41, 5.74) is -0.839. The molecule has 2 bridgehead atoms. The fourth-order valence-corrected chi connectivity index (χ4v) is 7.46. The van der Waals surface area contributed by atoms with Crippen molar-refractivity contribution >= 4 is 23.9 Å². The summed E-state index contributed by atoms with van der Waals surface area (Å²) in [4.78, 5) is 60.2. The predicted molar refractivity (Wildman–Crippen MR) is 140 cm³/mol. The standard InChI is InChI=1S/C29H42O14/c1-13-8-9-20-14(2)25(40-27-29(20)19(13)10-11-28(7,41-27)42-43-29)39-26-24(37-18(6)33)23(36-17(5)32)22(35-16(4)31)21(38-26)12-34-15(3)30/h13-14,19-27H,8-12H2,1-7H3/t13-,14-,19+,20+,21-,22+,23+,24-,25+,26-,27-,28-,29?/m1/s1. The Morgan fingerprint density at radius 1 is 0.744 bits per heavy atom. The molecule has 5 aliphatic heterocycles. The molecule has 0 aromatic heterocycles. The third-order valence-corrected chi connectivity index (χ3v) is 9.31. The lowest BCUT2D eigenvalue weighted by molar-refractivity contribution is -0.579. The van der Waals surface area contributed by atoms with Gasteiger partial charge in [-0.15, -0.1) is 0 Å². The van der Waals surface area contributed by atoms with Gasteiger partial charge >= 0.3 is 23.9 Å². The first-order valence-electron chi connectivity index (χ1n) is 14.9. The molecule has 1 saturated carbocycles. The van der Waals surface area contributed by atoms with Gasteiger partial charge in [0.05, 0.1) is 0 Å². The van der Waals surface area contributed by atoms with E-state index in [9.17, 15) is 19.2 Å². The van der Waals surface area contributed by atoms with E-state index < -0.39 is 78.6 Å². The van der Waals surface area contributed by atoms with E-state index in [2.05, 4.69) is 6.92 Å². The highest BCUT2D eigenvalue weighted by molar-refractivity contribution is 5.68. The smallest absolute Gasteiger partial charge is 0.303 e. The van der Waals surface area contributed by atoms with Crippen LogP contribution in [-0.4, -0.2) is 85.2 Å². The van der Waals surface area contributed by atoms with Gasteiger partial charge in [-0.2, -0.15) is 0 Å². The van der Waals surface area contributed by atoms with Gasteiger partial charge in [0, 0.05) is 46.0 Å². The van der Waals surface area contributed by atoms with E-state index >= 15 is 0 Å². The number of esters is 4. The average molecular weight is 615 g/mol. The summed E-state index contributed by atoms with van der Waals surface area (Å²) >= 11 is 0. The monoisotopic (exact) mass is 614 g/mol. The summed E-state index contributed by atoms with van der Waals surface area (Å²) in [6.07, 6.45) is -5.02. The van der Waals surface area contributed by atoms with E-state index in [0.29, 0.717) is 12.3 Å². The summed E-state index contributed by atoms with van der Waals surface area (Å²) in [7, 11) is 0. The number of hydrogen-bond donors (Lipinski definition) is 0. The number of carbonyl (C=O) groups is 4. The zero-order valence-electron chi connectivity index (χ0n) is 25.6. The van der Waals surface area contributed by atoms with E-state index in [0.717, 1.165) is 33.1 Å². The van der Waals surface area contributed by atoms with Crippen LogP contribution in [0.15, 0.2) is 0 Å². The first kappa shape index (κ1) is 32.0. The van der Waals surface area contributed by atoms with Crippen molar-refractivity contribution in [3.63, 3.8) is 0 Å². The van der Waals surface area contributed by atoms with Crippen LogP contribution in [0, 0.1) is 23.7 Å². The molecular formula is C29H42O14. The summed E-state index contributed by atoms with van der Waals surface area (Å²) in [5, 5.41) is 0. The molecule has 6 fully saturated rings. The van der Waals surface area contributed by atoms with E-state index in [1.54, 1.807) is 0 Å². The van der Waals surface area contributed by atoms with E-state index in [1.807, 2.05) is 13.8 Å². The molecule has 0 amide bonds. The van der Waals surface area contributed by atoms with E-state index in [4.69, 9.17) is 47.7 Å². The molecule has 0 aromatic carbocycles. The molecule has 242 valence electrons. The molecule has 13 atom stereocenters. The minimum absolute atomic E-state index is 0.0780. The number of ether oxygens (including phenoxy) is 8. The molecule has 1 spiro atoms. The van der Waals surface area contributed by atoms with Crippen molar-refractivity contribution in [2.45, 2.75) is 129 Å². The van der Waals surface area contributed by atoms with Crippen LogP contribution in [0.2, 0.25) is 0 Å². The number of carbonyl (C=O) groups excluding carboxylic acids is 4. The van der Waals surface area contributed by atoms with Crippen molar-refractivity contribution in [2.75, 3.05) is 6.61 Å². The second-order valence-corrected chi connectivity index (χ2v) is 12.5. The molecule has 0 aromatic rings. The summed E-state index contributed by atoms with van der Waals surface area (Å²) in [6.45, 7) is 10.3. The lowest BCUT2D eigenvalue weighted by Crippen LogP contribution is -2.71. The highest BCUT2D eigenvalue weighted by Gasteiger charge is 2.70. The Balaban J connectivity index is 1.47. The van der Waals surface area contributed by atoms with Crippen LogP contribution in [0.5, 0.6) is 0 Å². The molecule has 5 heterocycles. The van der Waals surface area contributed by atoms with Crippen LogP contribution >= 0.6 is 0 Å². The Bertz CT molecular complexity index is 1100. The largest absolute Gasteiger partial charge is 0.463 e. The van der Waals surface area contributed by atoms with Crippen molar-refractivity contribution in [1.29, 1.82) is 0 Å². The summed E-state index contributed by atoms with van der Waals surface area (Å²) in [5.74, 6) is -3.63. The van der Waals surface area contributed by atoms with E-state index in [-0.39, 0.29) is 24.4 Å². The molecular weight excluding hydrogens is 572 g/mol. The molecule has 0 radical (unpaired) electrons. The van der Waals surface area contributed by atoms with Crippen LogP contribution in [-0.2, 0) is 66.8 Å². The lowest BCUT2D eigenvalue weighted by atomic mass is 9.58. The molecule has 14 heteroatoms. The molecule has 1 aliphatic carbocycles. The molecule has 43 heavy (non-hydrogen) atoms. The highest BCUT2D eigenvalue weighted by atomic mass is 17.3. The second-order valence-electron chi connectivity index (χ2n) is 12.5. The quantitative estimate of drug-likeness (QED) is 0.233. The minimum atomic E-state index is -1.38. The lowest BCUT2D eigenvalue weighted by Gasteiger charge is -2.60. The average Bonchev–Trinajstić information content (AvgIpc) is 3.14.